The van der Waals surface area contributed by atoms with E-state index in [1.165, 1.54) is 0 Å². The van der Waals surface area contributed by atoms with Crippen LogP contribution in [0.5, 0.6) is 34.5 Å². The lowest BCUT2D eigenvalue weighted by Gasteiger charge is -2.21. The lowest BCUT2D eigenvalue weighted by Crippen LogP contribution is -2.13. The number of phenols is 2. The predicted molar refractivity (Wildman–Crippen MR) is 207 cm³/mol. The van der Waals surface area contributed by atoms with Crippen molar-refractivity contribution in [2.45, 2.75) is 38.9 Å². The van der Waals surface area contributed by atoms with Crippen LogP contribution in [0.3, 0.4) is 0 Å². The smallest absolute Gasteiger partial charge is 0.126 e. The van der Waals surface area contributed by atoms with Gasteiger partial charge in [0.2, 0.25) is 0 Å². The minimum atomic E-state index is -0.120. The molecule has 6 aromatic carbocycles. The highest BCUT2D eigenvalue weighted by atomic mass is 16.5. The Bertz CT molecular complexity index is 1970. The van der Waals surface area contributed by atoms with Gasteiger partial charge in [0.05, 0.1) is 13.2 Å². The van der Waals surface area contributed by atoms with E-state index in [2.05, 4.69) is 0 Å². The van der Waals surface area contributed by atoms with Crippen molar-refractivity contribution < 1.29 is 39.4 Å². The van der Waals surface area contributed by atoms with Gasteiger partial charge in [0.25, 0.3) is 0 Å². The van der Waals surface area contributed by atoms with Crippen molar-refractivity contribution in [1.29, 1.82) is 0 Å². The Balaban J connectivity index is 1.21. The maximum absolute atomic E-state index is 11.7. The van der Waals surface area contributed by atoms with E-state index in [0.29, 0.717) is 59.8 Å². The highest BCUT2D eigenvalue weighted by Crippen LogP contribution is 2.38. The van der Waals surface area contributed by atoms with Crippen molar-refractivity contribution in [2.75, 3.05) is 26.4 Å². The van der Waals surface area contributed by atoms with Crippen molar-refractivity contribution in [2.24, 2.45) is 0 Å². The average Bonchev–Trinajstić information content (AvgIpc) is 3.19. The SMILES string of the molecule is OCc1ccccc1OCCOc1c2cccc1Cc1cccc(c1O)Cc1cccc(c1OCCOc1ccccc1CO)Cc1cccc(c1O)C2. The molecule has 0 aliphatic heterocycles. The number of fused-ring (bicyclic) bond motifs is 8. The average molecular weight is 725 g/mol. The zero-order valence-corrected chi connectivity index (χ0v) is 30.0. The molecule has 1 aliphatic rings. The third-order valence-electron chi connectivity index (χ3n) is 9.75. The molecule has 0 fully saturated rings. The van der Waals surface area contributed by atoms with E-state index in [1.54, 1.807) is 0 Å². The van der Waals surface area contributed by atoms with Gasteiger partial charge in [-0.1, -0.05) is 109 Å². The van der Waals surface area contributed by atoms with E-state index in [9.17, 15) is 20.4 Å². The molecule has 0 spiro atoms. The predicted octanol–water partition coefficient (Wildman–Crippen LogP) is 7.67. The first-order valence-electron chi connectivity index (χ1n) is 18.2. The second kappa shape index (κ2) is 17.2. The Labute approximate surface area is 315 Å². The van der Waals surface area contributed by atoms with Crippen molar-refractivity contribution in [3.63, 3.8) is 0 Å². The van der Waals surface area contributed by atoms with Crippen LogP contribution in [0.1, 0.15) is 55.6 Å². The topological polar surface area (TPSA) is 118 Å². The Morgan fingerprint density at radius 3 is 0.981 bits per heavy atom. The summed E-state index contributed by atoms with van der Waals surface area (Å²) < 4.78 is 24.9. The summed E-state index contributed by atoms with van der Waals surface area (Å²) in [5.74, 6) is 3.02. The molecule has 8 bridgehead atoms. The Hall–Kier alpha value is -5.96. The fourth-order valence-corrected chi connectivity index (χ4v) is 7.03. The van der Waals surface area contributed by atoms with Crippen LogP contribution in [-0.4, -0.2) is 46.9 Å². The molecular formula is C46H44O8. The molecular weight excluding hydrogens is 680 g/mol. The summed E-state index contributed by atoms with van der Waals surface area (Å²) in [6.45, 7) is 0.777. The third-order valence-corrected chi connectivity index (χ3v) is 9.75. The van der Waals surface area contributed by atoms with Crippen molar-refractivity contribution in [3.8, 4) is 34.5 Å². The van der Waals surface area contributed by atoms with Gasteiger partial charge in [-0.3, -0.25) is 0 Å². The van der Waals surface area contributed by atoms with Gasteiger partial charge in [0.15, 0.2) is 0 Å². The summed E-state index contributed by atoms with van der Waals surface area (Å²) in [7, 11) is 0. The number of ether oxygens (including phenoxy) is 4. The number of phenolic OH excluding ortho intramolecular Hbond substituents is 2. The maximum atomic E-state index is 11.7. The highest BCUT2D eigenvalue weighted by Gasteiger charge is 2.20. The quantitative estimate of drug-likeness (QED) is 0.0949. The van der Waals surface area contributed by atoms with E-state index in [0.717, 1.165) is 44.5 Å². The third kappa shape index (κ3) is 8.31. The molecule has 0 saturated heterocycles. The zero-order valence-electron chi connectivity index (χ0n) is 30.0. The van der Waals surface area contributed by atoms with E-state index in [-0.39, 0.29) is 51.1 Å². The lowest BCUT2D eigenvalue weighted by molar-refractivity contribution is 0.208. The molecule has 7 rings (SSSR count). The fraction of sp³-hybridized carbons (Fsp3) is 0.217. The summed E-state index contributed by atoms with van der Waals surface area (Å²) in [5.41, 5.74) is 8.03. The number of aromatic hydroxyl groups is 2. The molecule has 1 aliphatic carbocycles. The standard InChI is InChI=1S/C46H44O8/c47-29-39-9-1-3-19-41(39)51-21-23-53-45-35-15-7-16-36(45)26-32-12-6-14-34(44(32)50)28-38-18-8-17-37(27-33-13-5-11-31(25-35)43(33)49)46(38)54-24-22-52-42-20-4-2-10-40(42)30-48/h1-20,47-50H,21-30H2. The van der Waals surface area contributed by atoms with Gasteiger partial charge < -0.3 is 39.4 Å². The first-order chi connectivity index (χ1) is 26.5. The van der Waals surface area contributed by atoms with Crippen LogP contribution in [0.15, 0.2) is 121 Å². The van der Waals surface area contributed by atoms with Crippen LogP contribution in [0.4, 0.5) is 0 Å². The summed E-state index contributed by atoms with van der Waals surface area (Å²) in [6.07, 6.45) is 1.66. The van der Waals surface area contributed by atoms with Crippen molar-refractivity contribution in [3.05, 3.63) is 177 Å². The van der Waals surface area contributed by atoms with Gasteiger partial charge in [-0.15, -0.1) is 0 Å². The van der Waals surface area contributed by atoms with Gasteiger partial charge >= 0.3 is 0 Å². The van der Waals surface area contributed by atoms with Gasteiger partial charge in [-0.25, -0.2) is 0 Å². The van der Waals surface area contributed by atoms with Crippen LogP contribution < -0.4 is 18.9 Å². The molecule has 6 aromatic rings. The number of hydrogen-bond donors (Lipinski definition) is 4. The maximum Gasteiger partial charge on any atom is 0.126 e. The number of aliphatic hydroxyl groups excluding tert-OH is 2. The first kappa shape index (κ1) is 36.4. The van der Waals surface area contributed by atoms with E-state index >= 15 is 0 Å². The van der Waals surface area contributed by atoms with Crippen LogP contribution in [0.25, 0.3) is 0 Å². The largest absolute Gasteiger partial charge is 0.507 e. The Kier molecular flexibility index (Phi) is 11.6. The van der Waals surface area contributed by atoms with Gasteiger partial charge in [-0.2, -0.15) is 0 Å². The molecule has 0 heterocycles. The Morgan fingerprint density at radius 2 is 0.648 bits per heavy atom. The molecule has 8 heteroatoms. The van der Waals surface area contributed by atoms with E-state index in [4.69, 9.17) is 18.9 Å². The summed E-state index contributed by atoms with van der Waals surface area (Å²) in [4.78, 5) is 0. The summed E-state index contributed by atoms with van der Waals surface area (Å²) in [6, 6.07) is 38.4. The molecule has 4 N–H and O–H groups in total. The van der Waals surface area contributed by atoms with Crippen molar-refractivity contribution in [1.82, 2.24) is 0 Å². The molecule has 0 saturated carbocycles. The fourth-order valence-electron chi connectivity index (χ4n) is 7.03. The van der Waals surface area contributed by atoms with E-state index in [1.807, 2.05) is 121 Å². The minimum absolute atomic E-state index is 0.120. The van der Waals surface area contributed by atoms with Crippen LogP contribution in [0, 0.1) is 0 Å². The van der Waals surface area contributed by atoms with Gasteiger partial charge in [-0.05, 0) is 56.6 Å². The molecule has 54 heavy (non-hydrogen) atoms. The Morgan fingerprint density at radius 1 is 0.352 bits per heavy atom. The molecule has 0 atom stereocenters. The van der Waals surface area contributed by atoms with Gasteiger partial charge in [0.1, 0.15) is 60.9 Å². The number of hydrogen-bond acceptors (Lipinski definition) is 8. The molecule has 8 nitrogen and oxygen atoms in total. The number of para-hydroxylation sites is 6. The molecule has 276 valence electrons. The molecule has 0 radical (unpaired) electrons. The van der Waals surface area contributed by atoms with Crippen LogP contribution in [0.2, 0.25) is 0 Å². The number of aliphatic hydroxyl groups is 2. The van der Waals surface area contributed by atoms with Crippen LogP contribution in [-0.2, 0) is 38.9 Å². The highest BCUT2D eigenvalue weighted by molar-refractivity contribution is 5.55. The molecule has 0 amide bonds. The second-order valence-electron chi connectivity index (χ2n) is 13.3. The summed E-state index contributed by atoms with van der Waals surface area (Å²) in [5, 5.41) is 42.9. The van der Waals surface area contributed by atoms with Crippen molar-refractivity contribution >= 4 is 0 Å². The first-order valence-corrected chi connectivity index (χ1v) is 18.2. The lowest BCUT2D eigenvalue weighted by atomic mass is 9.91. The second-order valence-corrected chi connectivity index (χ2v) is 13.3. The number of benzene rings is 6. The molecule has 0 unspecified atom stereocenters. The summed E-state index contributed by atoms with van der Waals surface area (Å²) >= 11 is 0. The molecule has 0 aromatic heterocycles. The van der Waals surface area contributed by atoms with E-state index < -0.39 is 0 Å². The normalized spacial score (nSPS) is 12.2. The number of rotatable bonds is 12. The minimum Gasteiger partial charge on any atom is -0.507 e. The monoisotopic (exact) mass is 724 g/mol. The van der Waals surface area contributed by atoms with Crippen LogP contribution >= 0.6 is 0 Å². The zero-order chi connectivity index (χ0) is 37.3. The van der Waals surface area contributed by atoms with Gasteiger partial charge in [0, 0.05) is 36.8 Å².